The van der Waals surface area contributed by atoms with Crippen LogP contribution in [0.5, 0.6) is 0 Å². The fourth-order valence-electron chi connectivity index (χ4n) is 2.81. The number of amides is 1. The van der Waals surface area contributed by atoms with Crippen LogP contribution in [0, 0.1) is 0 Å². The number of carbonyl (C=O) groups is 1. The van der Waals surface area contributed by atoms with Gasteiger partial charge in [0.15, 0.2) is 10.3 Å². The van der Waals surface area contributed by atoms with E-state index in [1.807, 2.05) is 34.6 Å². The van der Waals surface area contributed by atoms with E-state index in [0.717, 1.165) is 11.1 Å². The molecule has 0 radical (unpaired) electrons. The number of carbonyl (C=O) groups excluding carboxylic acids is 1. The standard InChI is InChI=1S/C18H20BrN3O3/c1-3-21(12-13-4-6-20-7-5-13)18(23)15-10-16-14(11-17(19)25-16)22(15)8-9-24-2/h4-7,10-11H,3,8-9,12H2,1-2H3. The van der Waals surface area contributed by atoms with E-state index in [4.69, 9.17) is 9.15 Å². The molecule has 3 heterocycles. The van der Waals surface area contributed by atoms with Gasteiger partial charge < -0.3 is 18.6 Å². The third-order valence-electron chi connectivity index (χ3n) is 4.09. The molecule has 3 rings (SSSR count). The van der Waals surface area contributed by atoms with Crippen LogP contribution in [0.4, 0.5) is 0 Å². The van der Waals surface area contributed by atoms with Crippen molar-refractivity contribution in [3.63, 3.8) is 0 Å². The summed E-state index contributed by atoms with van der Waals surface area (Å²) in [5.74, 6) is -0.0297. The van der Waals surface area contributed by atoms with E-state index in [0.29, 0.717) is 42.2 Å². The zero-order valence-corrected chi connectivity index (χ0v) is 15.8. The van der Waals surface area contributed by atoms with Crippen molar-refractivity contribution in [2.45, 2.75) is 20.0 Å². The minimum absolute atomic E-state index is 0.0297. The Labute approximate surface area is 154 Å². The van der Waals surface area contributed by atoms with Gasteiger partial charge in [-0.2, -0.15) is 0 Å². The molecule has 0 bridgehead atoms. The first kappa shape index (κ1) is 17.7. The summed E-state index contributed by atoms with van der Waals surface area (Å²) in [4.78, 5) is 18.9. The minimum atomic E-state index is -0.0297. The molecule has 0 saturated carbocycles. The van der Waals surface area contributed by atoms with Crippen molar-refractivity contribution in [2.24, 2.45) is 0 Å². The van der Waals surface area contributed by atoms with Gasteiger partial charge in [0.1, 0.15) is 5.69 Å². The van der Waals surface area contributed by atoms with Crippen LogP contribution in [0.25, 0.3) is 11.1 Å². The number of methoxy groups -OCH3 is 1. The van der Waals surface area contributed by atoms with E-state index in [1.165, 1.54) is 0 Å². The van der Waals surface area contributed by atoms with Gasteiger partial charge in [-0.1, -0.05) is 0 Å². The Morgan fingerprint density at radius 1 is 1.36 bits per heavy atom. The first-order chi connectivity index (χ1) is 12.1. The minimum Gasteiger partial charge on any atom is -0.448 e. The van der Waals surface area contributed by atoms with Gasteiger partial charge in [-0.05, 0) is 40.5 Å². The maximum absolute atomic E-state index is 13.1. The van der Waals surface area contributed by atoms with Crippen molar-refractivity contribution < 1.29 is 13.9 Å². The molecule has 7 heteroatoms. The SMILES string of the molecule is CCN(Cc1ccncc1)C(=O)c1cc2oc(Br)cc2n1CCOC. The van der Waals surface area contributed by atoms with Crippen LogP contribution in [0.2, 0.25) is 0 Å². The number of halogens is 1. The first-order valence-corrected chi connectivity index (χ1v) is 8.89. The maximum atomic E-state index is 13.1. The summed E-state index contributed by atoms with van der Waals surface area (Å²) in [7, 11) is 1.65. The van der Waals surface area contributed by atoms with Gasteiger partial charge in [0.05, 0.1) is 12.1 Å². The predicted molar refractivity (Wildman–Crippen MR) is 98.4 cm³/mol. The smallest absolute Gasteiger partial charge is 0.270 e. The lowest BCUT2D eigenvalue weighted by atomic mass is 10.2. The average molecular weight is 406 g/mol. The average Bonchev–Trinajstić information content (AvgIpc) is 3.14. The summed E-state index contributed by atoms with van der Waals surface area (Å²) >= 11 is 3.34. The molecule has 3 aromatic heterocycles. The first-order valence-electron chi connectivity index (χ1n) is 8.09. The molecule has 0 aromatic carbocycles. The number of hydrogen-bond acceptors (Lipinski definition) is 4. The number of hydrogen-bond donors (Lipinski definition) is 0. The van der Waals surface area contributed by atoms with Crippen LogP contribution in [-0.2, 0) is 17.8 Å². The van der Waals surface area contributed by atoms with Gasteiger partial charge in [0.2, 0.25) is 0 Å². The summed E-state index contributed by atoms with van der Waals surface area (Å²) in [5.41, 5.74) is 3.22. The molecule has 0 aliphatic heterocycles. The number of fused-ring (bicyclic) bond motifs is 1. The Kier molecular flexibility index (Phi) is 5.55. The fraction of sp³-hybridized carbons (Fsp3) is 0.333. The molecule has 0 N–H and O–H groups in total. The quantitative estimate of drug-likeness (QED) is 0.601. The van der Waals surface area contributed by atoms with Gasteiger partial charge >= 0.3 is 0 Å². The highest BCUT2D eigenvalue weighted by atomic mass is 79.9. The number of aromatic nitrogens is 2. The van der Waals surface area contributed by atoms with Gasteiger partial charge in [0, 0.05) is 51.3 Å². The molecule has 25 heavy (non-hydrogen) atoms. The van der Waals surface area contributed by atoms with Crippen LogP contribution in [0.15, 0.2) is 45.7 Å². The second-order valence-corrected chi connectivity index (χ2v) is 6.43. The molecule has 0 aliphatic rings. The summed E-state index contributed by atoms with van der Waals surface area (Å²) in [6.45, 7) is 4.23. The lowest BCUT2D eigenvalue weighted by Gasteiger charge is -2.22. The predicted octanol–water partition coefficient (Wildman–Crippen LogP) is 3.70. The highest BCUT2D eigenvalue weighted by Gasteiger charge is 2.22. The van der Waals surface area contributed by atoms with Crippen molar-refractivity contribution in [3.8, 4) is 0 Å². The number of pyridine rings is 1. The Bertz CT molecular complexity index is 857. The largest absolute Gasteiger partial charge is 0.448 e. The molecular weight excluding hydrogens is 386 g/mol. The topological polar surface area (TPSA) is 60.5 Å². The van der Waals surface area contributed by atoms with Gasteiger partial charge in [-0.15, -0.1) is 0 Å². The zero-order valence-electron chi connectivity index (χ0n) is 14.2. The Balaban J connectivity index is 1.92. The van der Waals surface area contributed by atoms with E-state index in [1.54, 1.807) is 25.6 Å². The van der Waals surface area contributed by atoms with Crippen LogP contribution in [0.1, 0.15) is 23.0 Å². The molecular formula is C18H20BrN3O3. The summed E-state index contributed by atoms with van der Waals surface area (Å²) in [6.07, 6.45) is 3.47. The van der Waals surface area contributed by atoms with Crippen molar-refractivity contribution in [1.82, 2.24) is 14.5 Å². The summed E-state index contributed by atoms with van der Waals surface area (Å²) < 4.78 is 13.4. The van der Waals surface area contributed by atoms with Gasteiger partial charge in [-0.25, -0.2) is 0 Å². The Hall–Kier alpha value is -2.12. The molecule has 1 amide bonds. The Morgan fingerprint density at radius 2 is 2.12 bits per heavy atom. The number of nitrogens with zero attached hydrogens (tertiary/aromatic N) is 3. The number of rotatable bonds is 7. The molecule has 0 spiro atoms. The number of ether oxygens (including phenoxy) is 1. The molecule has 0 unspecified atom stereocenters. The molecule has 132 valence electrons. The Morgan fingerprint density at radius 3 is 2.80 bits per heavy atom. The van der Waals surface area contributed by atoms with E-state index in [-0.39, 0.29) is 5.91 Å². The molecule has 3 aromatic rings. The van der Waals surface area contributed by atoms with Crippen LogP contribution in [-0.4, -0.2) is 40.6 Å². The van der Waals surface area contributed by atoms with E-state index < -0.39 is 0 Å². The second-order valence-electron chi connectivity index (χ2n) is 5.65. The van der Waals surface area contributed by atoms with Crippen LogP contribution < -0.4 is 0 Å². The highest BCUT2D eigenvalue weighted by molar-refractivity contribution is 9.10. The normalized spacial score (nSPS) is 11.2. The lowest BCUT2D eigenvalue weighted by Crippen LogP contribution is -2.32. The molecule has 0 atom stereocenters. The van der Waals surface area contributed by atoms with Crippen molar-refractivity contribution >= 4 is 32.9 Å². The lowest BCUT2D eigenvalue weighted by molar-refractivity contribution is 0.0739. The third-order valence-corrected chi connectivity index (χ3v) is 4.48. The van der Waals surface area contributed by atoms with Crippen LogP contribution in [0.3, 0.4) is 0 Å². The molecule has 0 saturated heterocycles. The third kappa shape index (κ3) is 3.77. The molecule has 0 aliphatic carbocycles. The van der Waals surface area contributed by atoms with Crippen molar-refractivity contribution in [1.29, 1.82) is 0 Å². The maximum Gasteiger partial charge on any atom is 0.270 e. The molecule has 0 fully saturated rings. The van der Waals surface area contributed by atoms with E-state index in [2.05, 4.69) is 20.9 Å². The van der Waals surface area contributed by atoms with E-state index in [9.17, 15) is 4.79 Å². The van der Waals surface area contributed by atoms with Gasteiger partial charge in [0.25, 0.3) is 5.91 Å². The summed E-state index contributed by atoms with van der Waals surface area (Å²) in [5, 5.41) is 0. The molecule has 6 nitrogen and oxygen atoms in total. The van der Waals surface area contributed by atoms with Crippen molar-refractivity contribution in [2.75, 3.05) is 20.3 Å². The van der Waals surface area contributed by atoms with Crippen LogP contribution >= 0.6 is 15.9 Å². The van der Waals surface area contributed by atoms with E-state index >= 15 is 0 Å². The number of furan rings is 1. The monoisotopic (exact) mass is 405 g/mol. The fourth-order valence-corrected chi connectivity index (χ4v) is 3.20. The second kappa shape index (κ2) is 7.84. The van der Waals surface area contributed by atoms with Gasteiger partial charge in [-0.3, -0.25) is 9.78 Å². The van der Waals surface area contributed by atoms with Crippen molar-refractivity contribution in [3.05, 3.63) is 52.6 Å². The summed E-state index contributed by atoms with van der Waals surface area (Å²) in [6, 6.07) is 7.51. The highest BCUT2D eigenvalue weighted by Crippen LogP contribution is 2.28. The zero-order chi connectivity index (χ0) is 17.8.